The average Bonchev–Trinajstić information content (AvgIpc) is 2.99. The maximum atomic E-state index is 13.8. The van der Waals surface area contributed by atoms with Crippen molar-refractivity contribution < 1.29 is 9.53 Å². The van der Waals surface area contributed by atoms with Crippen LogP contribution in [0.3, 0.4) is 0 Å². The van der Waals surface area contributed by atoms with Crippen molar-refractivity contribution >= 4 is 29.2 Å². The third kappa shape index (κ3) is 6.31. The maximum absolute atomic E-state index is 13.8. The molecule has 0 bridgehead atoms. The highest BCUT2D eigenvalue weighted by molar-refractivity contribution is 7.99. The minimum absolute atomic E-state index is 0.0990. The molecule has 2 amide bonds. The van der Waals surface area contributed by atoms with E-state index in [1.54, 1.807) is 13.3 Å². The van der Waals surface area contributed by atoms with Crippen LogP contribution < -0.4 is 20.5 Å². The van der Waals surface area contributed by atoms with E-state index in [0.717, 1.165) is 33.1 Å². The van der Waals surface area contributed by atoms with Gasteiger partial charge in [-0.05, 0) is 59.9 Å². The summed E-state index contributed by atoms with van der Waals surface area (Å²) in [5.74, 6) is 0.755. The van der Waals surface area contributed by atoms with Crippen LogP contribution in [0.2, 0.25) is 0 Å². The SMILES string of the molecule is COc1ccc(Sc2c(N3CCN(C(=O)Nc4c(C)cccc4C(C)(C)C)CC3)cnn(-c3ccccc3)c2=O)cc1. The summed E-state index contributed by atoms with van der Waals surface area (Å²) in [6, 6.07) is 23.1. The Hall–Kier alpha value is -4.24. The summed E-state index contributed by atoms with van der Waals surface area (Å²) in [5.41, 5.74) is 4.22. The van der Waals surface area contributed by atoms with E-state index in [-0.39, 0.29) is 17.0 Å². The summed E-state index contributed by atoms with van der Waals surface area (Å²) in [4.78, 5) is 32.7. The second kappa shape index (κ2) is 12.3. The quantitative estimate of drug-likeness (QED) is 0.285. The second-order valence-electron chi connectivity index (χ2n) is 11.3. The van der Waals surface area contributed by atoms with E-state index in [2.05, 4.69) is 42.2 Å². The van der Waals surface area contributed by atoms with E-state index in [9.17, 15) is 9.59 Å². The Morgan fingerprint density at radius 3 is 2.26 bits per heavy atom. The third-order valence-electron chi connectivity index (χ3n) is 7.42. The zero-order chi connectivity index (χ0) is 29.9. The number of aryl methyl sites for hydroxylation is 1. The van der Waals surface area contributed by atoms with Crippen LogP contribution in [0.15, 0.2) is 93.6 Å². The average molecular weight is 584 g/mol. The van der Waals surface area contributed by atoms with Gasteiger partial charge in [0.1, 0.15) is 10.6 Å². The molecule has 3 aromatic carbocycles. The molecule has 5 rings (SSSR count). The number of hydrogen-bond donors (Lipinski definition) is 1. The Labute approximate surface area is 251 Å². The number of benzene rings is 3. The first-order valence-corrected chi connectivity index (χ1v) is 14.9. The predicted octanol–water partition coefficient (Wildman–Crippen LogP) is 6.35. The zero-order valence-corrected chi connectivity index (χ0v) is 25.6. The Morgan fingerprint density at radius 2 is 1.62 bits per heavy atom. The highest BCUT2D eigenvalue weighted by Gasteiger charge is 2.27. The van der Waals surface area contributed by atoms with E-state index in [0.29, 0.717) is 36.8 Å². The molecule has 9 heteroatoms. The number of nitrogens with one attached hydrogen (secondary N) is 1. The normalized spacial score (nSPS) is 13.6. The molecule has 2 heterocycles. The summed E-state index contributed by atoms with van der Waals surface area (Å²) in [7, 11) is 1.63. The smallest absolute Gasteiger partial charge is 0.321 e. The topological polar surface area (TPSA) is 79.7 Å². The molecule has 1 aromatic heterocycles. The molecule has 218 valence electrons. The molecule has 1 fully saturated rings. The molecular formula is C33H37N5O3S. The number of anilines is 2. The molecule has 42 heavy (non-hydrogen) atoms. The second-order valence-corrected chi connectivity index (χ2v) is 12.4. The number of rotatable bonds is 6. The van der Waals surface area contributed by atoms with Gasteiger partial charge in [0.15, 0.2) is 0 Å². The van der Waals surface area contributed by atoms with Gasteiger partial charge >= 0.3 is 6.03 Å². The van der Waals surface area contributed by atoms with Crippen LogP contribution in [0.1, 0.15) is 31.9 Å². The molecule has 0 saturated carbocycles. The number of ether oxygens (including phenoxy) is 1. The fourth-order valence-corrected chi connectivity index (χ4v) is 6.03. The minimum atomic E-state index is -0.186. The summed E-state index contributed by atoms with van der Waals surface area (Å²) in [5, 5.41) is 7.73. The summed E-state index contributed by atoms with van der Waals surface area (Å²) in [6.45, 7) is 10.7. The fraction of sp³-hybridized carbons (Fsp3) is 0.303. The van der Waals surface area contributed by atoms with E-state index in [1.165, 1.54) is 16.4 Å². The molecule has 0 atom stereocenters. The largest absolute Gasteiger partial charge is 0.497 e. The lowest BCUT2D eigenvalue weighted by Gasteiger charge is -2.37. The molecular weight excluding hydrogens is 546 g/mol. The first-order valence-electron chi connectivity index (χ1n) is 14.1. The van der Waals surface area contributed by atoms with E-state index in [4.69, 9.17) is 4.74 Å². The van der Waals surface area contributed by atoms with Gasteiger partial charge in [0, 0.05) is 36.8 Å². The molecule has 8 nitrogen and oxygen atoms in total. The van der Waals surface area contributed by atoms with Gasteiger partial charge in [-0.1, -0.05) is 68.9 Å². The molecule has 1 N–H and O–H groups in total. The molecule has 0 unspecified atom stereocenters. The molecule has 1 aliphatic rings. The minimum Gasteiger partial charge on any atom is -0.497 e. The summed E-state index contributed by atoms with van der Waals surface area (Å²) >= 11 is 1.41. The highest BCUT2D eigenvalue weighted by atomic mass is 32.2. The zero-order valence-electron chi connectivity index (χ0n) is 24.8. The third-order valence-corrected chi connectivity index (χ3v) is 8.51. The Morgan fingerprint density at radius 1 is 0.929 bits per heavy atom. The van der Waals surface area contributed by atoms with Crippen LogP contribution in [0.4, 0.5) is 16.2 Å². The van der Waals surface area contributed by atoms with Crippen molar-refractivity contribution in [2.24, 2.45) is 0 Å². The van der Waals surface area contributed by atoms with Crippen molar-refractivity contribution in [3.05, 3.63) is 100 Å². The molecule has 0 aliphatic carbocycles. The molecule has 0 spiro atoms. The van der Waals surface area contributed by atoms with Crippen LogP contribution in [0, 0.1) is 6.92 Å². The van der Waals surface area contributed by atoms with E-state index >= 15 is 0 Å². The number of nitrogens with zero attached hydrogens (tertiary/aromatic N) is 4. The predicted molar refractivity (Wildman–Crippen MR) is 170 cm³/mol. The standard InChI is InChI=1S/C33H37N5O3S/c1-23-10-9-13-27(33(2,3)4)29(23)35-32(40)37-20-18-36(19-21-37)28-22-34-38(24-11-7-6-8-12-24)31(39)30(28)42-26-16-14-25(41-5)15-17-26/h6-17,22H,18-21H2,1-5H3,(H,35,40). The van der Waals surface area contributed by atoms with Crippen LogP contribution in [0.25, 0.3) is 5.69 Å². The Bertz CT molecular complexity index is 1610. The Balaban J connectivity index is 1.38. The van der Waals surface area contributed by atoms with Gasteiger partial charge in [-0.2, -0.15) is 9.78 Å². The van der Waals surface area contributed by atoms with Crippen molar-refractivity contribution in [1.29, 1.82) is 0 Å². The lowest BCUT2D eigenvalue weighted by Crippen LogP contribution is -2.50. The maximum Gasteiger partial charge on any atom is 0.321 e. The van der Waals surface area contributed by atoms with Gasteiger partial charge in [0.2, 0.25) is 0 Å². The van der Waals surface area contributed by atoms with Crippen molar-refractivity contribution in [1.82, 2.24) is 14.7 Å². The number of urea groups is 1. The fourth-order valence-electron chi connectivity index (χ4n) is 5.06. The number of carbonyl (C=O) groups excluding carboxylic acids is 1. The van der Waals surface area contributed by atoms with Crippen molar-refractivity contribution in [2.75, 3.05) is 43.5 Å². The van der Waals surface area contributed by atoms with Gasteiger partial charge in [-0.25, -0.2) is 4.79 Å². The number of carbonyl (C=O) groups is 1. The van der Waals surface area contributed by atoms with Crippen LogP contribution in [-0.2, 0) is 5.41 Å². The highest BCUT2D eigenvalue weighted by Crippen LogP contribution is 2.35. The summed E-state index contributed by atoms with van der Waals surface area (Å²) < 4.78 is 6.74. The van der Waals surface area contributed by atoms with E-state index in [1.807, 2.05) is 78.6 Å². The van der Waals surface area contributed by atoms with Gasteiger partial charge < -0.3 is 19.9 Å². The monoisotopic (exact) mass is 583 g/mol. The van der Waals surface area contributed by atoms with Crippen molar-refractivity contribution in [3.8, 4) is 11.4 Å². The molecule has 1 saturated heterocycles. The van der Waals surface area contributed by atoms with Crippen LogP contribution >= 0.6 is 11.8 Å². The summed E-state index contributed by atoms with van der Waals surface area (Å²) in [6.07, 6.45) is 1.76. The number of amides is 2. The lowest BCUT2D eigenvalue weighted by molar-refractivity contribution is 0.208. The van der Waals surface area contributed by atoms with Crippen molar-refractivity contribution in [3.63, 3.8) is 0 Å². The van der Waals surface area contributed by atoms with Crippen molar-refractivity contribution in [2.45, 2.75) is 42.9 Å². The number of methoxy groups -OCH3 is 1. The van der Waals surface area contributed by atoms with Gasteiger partial charge in [0.25, 0.3) is 5.56 Å². The molecule has 0 radical (unpaired) electrons. The van der Waals surface area contributed by atoms with E-state index < -0.39 is 0 Å². The number of hydrogen-bond acceptors (Lipinski definition) is 6. The van der Waals surface area contributed by atoms with Gasteiger partial charge in [-0.3, -0.25) is 4.79 Å². The lowest BCUT2D eigenvalue weighted by atomic mass is 9.84. The van der Waals surface area contributed by atoms with Gasteiger partial charge in [0.05, 0.1) is 24.7 Å². The number of piperazine rings is 1. The first-order chi connectivity index (χ1) is 20.2. The van der Waals surface area contributed by atoms with Gasteiger partial charge in [-0.15, -0.1) is 0 Å². The van der Waals surface area contributed by atoms with Crippen LogP contribution in [-0.4, -0.2) is 54.0 Å². The molecule has 4 aromatic rings. The molecule has 1 aliphatic heterocycles. The number of aromatic nitrogens is 2. The van der Waals surface area contributed by atoms with Crippen LogP contribution in [0.5, 0.6) is 5.75 Å². The Kier molecular flexibility index (Phi) is 8.59. The number of para-hydroxylation sites is 2. The first kappa shape index (κ1) is 29.3.